The first-order valence-electron chi connectivity index (χ1n) is 10.5. The Morgan fingerprint density at radius 3 is 2.57 bits per heavy atom. The fraction of sp³-hybridized carbons (Fsp3) is 0.417. The lowest BCUT2D eigenvalue weighted by Gasteiger charge is -2.38. The van der Waals surface area contributed by atoms with Gasteiger partial charge in [-0.3, -0.25) is 9.59 Å². The van der Waals surface area contributed by atoms with E-state index in [0.717, 1.165) is 29.8 Å². The third kappa shape index (κ3) is 4.05. The quantitative estimate of drug-likeness (QED) is 0.798. The van der Waals surface area contributed by atoms with E-state index < -0.39 is 0 Å². The van der Waals surface area contributed by atoms with Gasteiger partial charge in [-0.25, -0.2) is 0 Å². The van der Waals surface area contributed by atoms with E-state index in [1.165, 1.54) is 0 Å². The minimum Gasteiger partial charge on any atom is -0.496 e. The summed E-state index contributed by atoms with van der Waals surface area (Å²) in [5.41, 5.74) is 1.71. The molecule has 6 heteroatoms. The van der Waals surface area contributed by atoms with Gasteiger partial charge in [0.05, 0.1) is 13.0 Å². The fourth-order valence-corrected chi connectivity index (χ4v) is 4.53. The van der Waals surface area contributed by atoms with Gasteiger partial charge in [0.15, 0.2) is 0 Å². The third-order valence-corrected chi connectivity index (χ3v) is 6.29. The van der Waals surface area contributed by atoms with E-state index in [4.69, 9.17) is 9.47 Å². The van der Waals surface area contributed by atoms with Crippen molar-refractivity contribution in [2.75, 3.05) is 38.3 Å². The number of nitrogens with one attached hydrogen (secondary N) is 1. The van der Waals surface area contributed by atoms with Crippen LogP contribution in [0.4, 0.5) is 5.69 Å². The lowest BCUT2D eigenvalue weighted by molar-refractivity contribution is -0.126. The lowest BCUT2D eigenvalue weighted by Crippen LogP contribution is -2.46. The second kappa shape index (κ2) is 8.88. The minimum absolute atomic E-state index is 0.00754. The molecule has 1 N–H and O–H groups in total. The van der Waals surface area contributed by atoms with E-state index in [0.29, 0.717) is 26.3 Å². The number of benzene rings is 2. The number of methoxy groups -OCH3 is 1. The van der Waals surface area contributed by atoms with Crippen LogP contribution in [0.5, 0.6) is 5.75 Å². The third-order valence-electron chi connectivity index (χ3n) is 6.29. The Hall–Kier alpha value is -2.86. The monoisotopic (exact) mass is 408 g/mol. The van der Waals surface area contributed by atoms with Crippen molar-refractivity contribution in [3.8, 4) is 5.75 Å². The molecular formula is C24H28N2O4. The zero-order valence-electron chi connectivity index (χ0n) is 17.3. The molecule has 2 amide bonds. The molecule has 0 aromatic heterocycles. The highest BCUT2D eigenvalue weighted by Gasteiger charge is 2.39. The van der Waals surface area contributed by atoms with Gasteiger partial charge in [-0.2, -0.15) is 0 Å². The Morgan fingerprint density at radius 2 is 1.83 bits per heavy atom. The Morgan fingerprint density at radius 1 is 1.13 bits per heavy atom. The summed E-state index contributed by atoms with van der Waals surface area (Å²) in [6.07, 6.45) is 1.87. The van der Waals surface area contributed by atoms with Crippen molar-refractivity contribution >= 4 is 17.5 Å². The van der Waals surface area contributed by atoms with Crippen LogP contribution < -0.4 is 15.0 Å². The number of rotatable bonds is 6. The lowest BCUT2D eigenvalue weighted by atomic mass is 9.73. The van der Waals surface area contributed by atoms with Gasteiger partial charge in [-0.15, -0.1) is 0 Å². The van der Waals surface area contributed by atoms with Crippen molar-refractivity contribution in [3.63, 3.8) is 0 Å². The fourth-order valence-electron chi connectivity index (χ4n) is 4.53. The zero-order valence-corrected chi connectivity index (χ0v) is 17.3. The van der Waals surface area contributed by atoms with Crippen LogP contribution >= 0.6 is 0 Å². The Labute approximate surface area is 177 Å². The molecule has 1 atom stereocenters. The second-order valence-electron chi connectivity index (χ2n) is 8.05. The summed E-state index contributed by atoms with van der Waals surface area (Å²) < 4.78 is 11.2. The molecule has 2 aliphatic rings. The molecule has 2 saturated heterocycles. The Kier molecular flexibility index (Phi) is 6.04. The SMILES string of the molecule is COc1ccccc1C1(CNC(=O)C2CC(=O)N(c3ccccc3)C2)CCOCC1. The molecule has 0 spiro atoms. The molecule has 2 aliphatic heterocycles. The molecule has 0 bridgehead atoms. The summed E-state index contributed by atoms with van der Waals surface area (Å²) >= 11 is 0. The van der Waals surface area contributed by atoms with E-state index in [1.54, 1.807) is 12.0 Å². The van der Waals surface area contributed by atoms with Gasteiger partial charge in [-0.1, -0.05) is 36.4 Å². The predicted molar refractivity (Wildman–Crippen MR) is 115 cm³/mol. The van der Waals surface area contributed by atoms with E-state index in [2.05, 4.69) is 11.4 Å². The van der Waals surface area contributed by atoms with Crippen LogP contribution in [0, 0.1) is 5.92 Å². The maximum absolute atomic E-state index is 13.0. The van der Waals surface area contributed by atoms with Crippen molar-refractivity contribution in [3.05, 3.63) is 60.2 Å². The Balaban J connectivity index is 1.47. The Bertz CT molecular complexity index is 893. The summed E-state index contributed by atoms with van der Waals surface area (Å²) in [5.74, 6) is 0.418. The summed E-state index contributed by atoms with van der Waals surface area (Å²) in [6, 6.07) is 17.5. The molecular weight excluding hydrogens is 380 g/mol. The first-order chi connectivity index (χ1) is 14.6. The van der Waals surface area contributed by atoms with Gasteiger partial charge in [0.1, 0.15) is 5.75 Å². The highest BCUT2D eigenvalue weighted by Crippen LogP contribution is 2.39. The van der Waals surface area contributed by atoms with Gasteiger partial charge in [0, 0.05) is 49.4 Å². The van der Waals surface area contributed by atoms with Crippen LogP contribution in [0.15, 0.2) is 54.6 Å². The van der Waals surface area contributed by atoms with Crippen molar-refractivity contribution < 1.29 is 19.1 Å². The van der Waals surface area contributed by atoms with Gasteiger partial charge in [0.25, 0.3) is 0 Å². The van der Waals surface area contributed by atoms with Crippen LogP contribution in [-0.2, 0) is 19.7 Å². The standard InChI is InChI=1S/C24H28N2O4/c1-29-21-10-6-5-9-20(21)24(11-13-30-14-12-24)17-25-23(28)18-15-22(27)26(16-18)19-7-3-2-4-8-19/h2-10,18H,11-17H2,1H3,(H,25,28). The van der Waals surface area contributed by atoms with Crippen LogP contribution in [0.2, 0.25) is 0 Å². The summed E-state index contributed by atoms with van der Waals surface area (Å²) in [7, 11) is 1.67. The average Bonchev–Trinajstić information content (AvgIpc) is 3.20. The van der Waals surface area contributed by atoms with Crippen LogP contribution in [0.3, 0.4) is 0 Å². The second-order valence-corrected chi connectivity index (χ2v) is 8.05. The molecule has 0 saturated carbocycles. The van der Waals surface area contributed by atoms with E-state index in [9.17, 15) is 9.59 Å². The molecule has 2 heterocycles. The molecule has 2 fully saturated rings. The van der Waals surface area contributed by atoms with Crippen LogP contribution in [0.1, 0.15) is 24.8 Å². The molecule has 4 rings (SSSR count). The van der Waals surface area contributed by atoms with Gasteiger partial charge < -0.3 is 19.7 Å². The average molecular weight is 408 g/mol. The summed E-state index contributed by atoms with van der Waals surface area (Å²) in [6.45, 7) is 2.22. The number of anilines is 1. The minimum atomic E-state index is -0.340. The normalized spacial score (nSPS) is 20.8. The highest BCUT2D eigenvalue weighted by molar-refractivity contribution is 6.00. The van der Waals surface area contributed by atoms with Crippen LogP contribution in [-0.4, -0.2) is 45.2 Å². The van der Waals surface area contributed by atoms with Gasteiger partial charge in [-0.05, 0) is 31.0 Å². The van der Waals surface area contributed by atoms with E-state index in [1.807, 2.05) is 48.5 Å². The van der Waals surface area contributed by atoms with Crippen molar-refractivity contribution in [2.24, 2.45) is 5.92 Å². The van der Waals surface area contributed by atoms with E-state index >= 15 is 0 Å². The number of carbonyl (C=O) groups excluding carboxylic acids is 2. The molecule has 1 unspecified atom stereocenters. The number of carbonyl (C=O) groups is 2. The maximum atomic E-state index is 13.0. The zero-order chi connectivity index (χ0) is 21.0. The van der Waals surface area contributed by atoms with Crippen molar-refractivity contribution in [1.82, 2.24) is 5.32 Å². The molecule has 6 nitrogen and oxygen atoms in total. The smallest absolute Gasteiger partial charge is 0.227 e. The summed E-state index contributed by atoms with van der Waals surface area (Å²) in [4.78, 5) is 27.2. The van der Waals surface area contributed by atoms with Gasteiger partial charge in [0.2, 0.25) is 11.8 Å². The molecule has 0 radical (unpaired) electrons. The van der Waals surface area contributed by atoms with Gasteiger partial charge >= 0.3 is 0 Å². The number of amides is 2. The molecule has 158 valence electrons. The topological polar surface area (TPSA) is 67.9 Å². The van der Waals surface area contributed by atoms with Crippen molar-refractivity contribution in [2.45, 2.75) is 24.7 Å². The highest BCUT2D eigenvalue weighted by atomic mass is 16.5. The molecule has 30 heavy (non-hydrogen) atoms. The number of hydrogen-bond acceptors (Lipinski definition) is 4. The van der Waals surface area contributed by atoms with Crippen molar-refractivity contribution in [1.29, 1.82) is 0 Å². The molecule has 0 aliphatic carbocycles. The number of hydrogen-bond donors (Lipinski definition) is 1. The van der Waals surface area contributed by atoms with E-state index in [-0.39, 0.29) is 29.6 Å². The number of para-hydroxylation sites is 2. The van der Waals surface area contributed by atoms with Crippen LogP contribution in [0.25, 0.3) is 0 Å². The maximum Gasteiger partial charge on any atom is 0.227 e. The first kappa shape index (κ1) is 20.4. The number of nitrogens with zero attached hydrogens (tertiary/aromatic N) is 1. The number of ether oxygens (including phenoxy) is 2. The summed E-state index contributed by atoms with van der Waals surface area (Å²) in [5, 5.41) is 3.15. The molecule has 2 aromatic carbocycles. The molecule has 2 aromatic rings. The largest absolute Gasteiger partial charge is 0.496 e. The first-order valence-corrected chi connectivity index (χ1v) is 10.5. The predicted octanol–water partition coefficient (Wildman–Crippen LogP) is 2.91.